The van der Waals surface area contributed by atoms with Crippen LogP contribution in [0.25, 0.3) is 0 Å². The third-order valence-electron chi connectivity index (χ3n) is 6.47. The molecular weight excluding hydrogens is 452 g/mol. The number of ether oxygens (including phenoxy) is 1. The van der Waals surface area contributed by atoms with Gasteiger partial charge in [0, 0.05) is 12.6 Å². The minimum atomic E-state index is -4.04. The fourth-order valence-corrected chi connectivity index (χ4v) is 6.23. The monoisotopic (exact) mass is 486 g/mol. The molecule has 0 aromatic heterocycles. The Bertz CT molecular complexity index is 1250. The molecule has 2 aromatic carbocycles. The molecule has 0 fully saturated rings. The van der Waals surface area contributed by atoms with Gasteiger partial charge in [-0.3, -0.25) is 10.2 Å². The molecule has 0 unspecified atom stereocenters. The van der Waals surface area contributed by atoms with Crippen LogP contribution in [0, 0.1) is 26.2 Å². The fraction of sp³-hybridized carbons (Fsp3) is 0.440. The zero-order valence-corrected chi connectivity index (χ0v) is 21.4. The first kappa shape index (κ1) is 25.7. The van der Waals surface area contributed by atoms with Crippen molar-refractivity contribution >= 4 is 21.8 Å². The molecule has 0 saturated heterocycles. The van der Waals surface area contributed by atoms with Gasteiger partial charge in [0.25, 0.3) is 0 Å². The Morgan fingerprint density at radius 3 is 2.50 bits per heavy atom. The Kier molecular flexibility index (Phi) is 7.10. The summed E-state index contributed by atoms with van der Waals surface area (Å²) in [5.74, 6) is 0.209. The van der Waals surface area contributed by atoms with Gasteiger partial charge in [-0.05, 0) is 87.8 Å². The van der Waals surface area contributed by atoms with Gasteiger partial charge in [0.2, 0.25) is 15.9 Å². The number of hydrogen-bond acceptors (Lipinski definition) is 5. The first-order valence-electron chi connectivity index (χ1n) is 11.3. The summed E-state index contributed by atoms with van der Waals surface area (Å²) in [6.45, 7) is 9.50. The number of carbonyl (C=O) groups is 1. The summed E-state index contributed by atoms with van der Waals surface area (Å²) in [6.07, 6.45) is 1.61. The zero-order valence-electron chi connectivity index (χ0n) is 20.6. The van der Waals surface area contributed by atoms with E-state index in [9.17, 15) is 13.2 Å². The van der Waals surface area contributed by atoms with Gasteiger partial charge in [-0.15, -0.1) is 0 Å². The van der Waals surface area contributed by atoms with Gasteiger partial charge in [-0.25, -0.2) is 8.42 Å². The lowest BCUT2D eigenvalue weighted by atomic mass is 9.88. The van der Waals surface area contributed by atoms with Crippen LogP contribution in [0.1, 0.15) is 53.6 Å². The molecule has 1 atom stereocenters. The Balaban J connectivity index is 2.01. The number of carbonyl (C=O) groups excluding carboxylic acids is 1. The quantitative estimate of drug-likeness (QED) is 0.353. The van der Waals surface area contributed by atoms with Gasteiger partial charge >= 0.3 is 0 Å². The number of nitrogen functional groups attached to an aromatic ring is 1. The van der Waals surface area contributed by atoms with E-state index in [4.69, 9.17) is 15.9 Å². The van der Waals surface area contributed by atoms with Crippen molar-refractivity contribution in [3.63, 3.8) is 0 Å². The minimum Gasteiger partial charge on any atom is -0.487 e. The molecule has 8 nitrogen and oxygen atoms in total. The topological polar surface area (TPSA) is 134 Å². The molecule has 0 spiro atoms. The van der Waals surface area contributed by atoms with Crippen molar-refractivity contribution in [2.24, 2.45) is 5.73 Å². The van der Waals surface area contributed by atoms with Gasteiger partial charge in [-0.2, -0.15) is 4.72 Å². The van der Waals surface area contributed by atoms with E-state index in [2.05, 4.69) is 10.0 Å². The normalized spacial score (nSPS) is 15.7. The van der Waals surface area contributed by atoms with Crippen LogP contribution in [-0.2, 0) is 27.7 Å². The van der Waals surface area contributed by atoms with Crippen molar-refractivity contribution in [2.45, 2.75) is 70.4 Å². The average Bonchev–Trinajstić information content (AvgIpc) is 2.75. The highest BCUT2D eigenvalue weighted by atomic mass is 32.2. The number of amides is 1. The molecule has 0 aliphatic carbocycles. The lowest BCUT2D eigenvalue weighted by Gasteiger charge is -2.35. The molecule has 9 heteroatoms. The second-order valence-electron chi connectivity index (χ2n) is 9.48. The van der Waals surface area contributed by atoms with E-state index in [-0.39, 0.29) is 22.8 Å². The van der Waals surface area contributed by atoms with Crippen LogP contribution in [0.4, 0.5) is 0 Å². The summed E-state index contributed by atoms with van der Waals surface area (Å²) in [4.78, 5) is 12.9. The molecule has 184 valence electrons. The number of sulfonamides is 1. The molecule has 34 heavy (non-hydrogen) atoms. The molecule has 1 aliphatic rings. The first-order chi connectivity index (χ1) is 15.8. The summed E-state index contributed by atoms with van der Waals surface area (Å²) in [5, 5.41) is 10.2. The summed E-state index contributed by atoms with van der Waals surface area (Å²) < 4.78 is 36.1. The number of rotatable bonds is 7. The van der Waals surface area contributed by atoms with E-state index < -0.39 is 22.0 Å². The van der Waals surface area contributed by atoms with Crippen molar-refractivity contribution < 1.29 is 17.9 Å². The number of amidine groups is 1. The lowest BCUT2D eigenvalue weighted by molar-refractivity contribution is -0.122. The number of fused-ring (bicyclic) bond motifs is 1. The van der Waals surface area contributed by atoms with Crippen LogP contribution in [0.15, 0.2) is 29.2 Å². The average molecular weight is 487 g/mol. The van der Waals surface area contributed by atoms with E-state index in [1.54, 1.807) is 38.1 Å². The highest BCUT2D eigenvalue weighted by molar-refractivity contribution is 7.89. The number of nitrogens with two attached hydrogens (primary N) is 1. The first-order valence-corrected chi connectivity index (χ1v) is 12.7. The van der Waals surface area contributed by atoms with E-state index in [1.807, 2.05) is 20.8 Å². The van der Waals surface area contributed by atoms with E-state index in [0.29, 0.717) is 28.7 Å². The van der Waals surface area contributed by atoms with Crippen molar-refractivity contribution in [1.82, 2.24) is 10.0 Å². The number of nitrogens with one attached hydrogen (secondary N) is 3. The third-order valence-corrected chi connectivity index (χ3v) is 8.22. The Hall–Kier alpha value is -2.91. The predicted molar refractivity (Wildman–Crippen MR) is 133 cm³/mol. The van der Waals surface area contributed by atoms with Crippen LogP contribution in [0.3, 0.4) is 0 Å². The smallest absolute Gasteiger partial charge is 0.241 e. The second-order valence-corrected chi connectivity index (χ2v) is 11.1. The van der Waals surface area contributed by atoms with Crippen LogP contribution >= 0.6 is 0 Å². The molecular formula is C25H34N4O4S. The van der Waals surface area contributed by atoms with Gasteiger partial charge in [0.15, 0.2) is 0 Å². The fourth-order valence-electron chi connectivity index (χ4n) is 4.46. The van der Waals surface area contributed by atoms with Crippen molar-refractivity contribution in [2.75, 3.05) is 7.05 Å². The second kappa shape index (κ2) is 9.38. The van der Waals surface area contributed by atoms with Gasteiger partial charge < -0.3 is 15.8 Å². The van der Waals surface area contributed by atoms with Crippen molar-refractivity contribution in [3.8, 4) is 5.75 Å². The van der Waals surface area contributed by atoms with Gasteiger partial charge in [0.05, 0.1) is 4.90 Å². The highest BCUT2D eigenvalue weighted by Gasteiger charge is 2.35. The van der Waals surface area contributed by atoms with Crippen LogP contribution in [0.5, 0.6) is 5.75 Å². The van der Waals surface area contributed by atoms with E-state index >= 15 is 0 Å². The maximum absolute atomic E-state index is 13.6. The summed E-state index contributed by atoms with van der Waals surface area (Å²) in [7, 11) is -2.57. The van der Waals surface area contributed by atoms with Gasteiger partial charge in [-0.1, -0.05) is 18.2 Å². The molecule has 0 radical (unpaired) electrons. The zero-order chi connectivity index (χ0) is 25.4. The van der Waals surface area contributed by atoms with Gasteiger partial charge in [0.1, 0.15) is 23.2 Å². The van der Waals surface area contributed by atoms with Crippen LogP contribution in [-0.4, -0.2) is 38.9 Å². The maximum Gasteiger partial charge on any atom is 0.241 e. The maximum atomic E-state index is 13.6. The standard InChI is InChI=1S/C25H34N4O4S/c1-14-15(2)22(16(3)19-10-11-25(4,5)33-21(14)19)34(31,32)29-20(24(30)28-6)13-17-8-7-9-18(12-17)23(26)27/h7-9,12,20,29H,10-11,13H2,1-6H3,(H3,26,27)(H,28,30)/t20-/m0/s1. The molecule has 1 amide bonds. The van der Waals surface area contributed by atoms with Crippen LogP contribution < -0.4 is 20.5 Å². The predicted octanol–water partition coefficient (Wildman–Crippen LogP) is 2.64. The molecule has 1 heterocycles. The summed E-state index contributed by atoms with van der Waals surface area (Å²) >= 11 is 0. The molecule has 2 aromatic rings. The Morgan fingerprint density at radius 1 is 1.21 bits per heavy atom. The van der Waals surface area contributed by atoms with E-state index in [0.717, 1.165) is 23.3 Å². The third kappa shape index (κ3) is 5.10. The number of benzene rings is 2. The van der Waals surface area contributed by atoms with Crippen LogP contribution in [0.2, 0.25) is 0 Å². The highest BCUT2D eigenvalue weighted by Crippen LogP contribution is 2.42. The summed E-state index contributed by atoms with van der Waals surface area (Å²) in [5.41, 5.74) is 9.41. The summed E-state index contributed by atoms with van der Waals surface area (Å²) in [6, 6.07) is 5.84. The molecule has 5 N–H and O–H groups in total. The number of hydrogen-bond donors (Lipinski definition) is 4. The molecule has 1 aliphatic heterocycles. The molecule has 0 saturated carbocycles. The SMILES string of the molecule is CNC(=O)[C@H](Cc1cccc(C(=N)N)c1)NS(=O)(=O)c1c(C)c(C)c2c(c1C)CCC(C)(C)O2. The molecule has 3 rings (SSSR count). The lowest BCUT2D eigenvalue weighted by Crippen LogP contribution is -2.47. The Morgan fingerprint density at radius 2 is 1.88 bits per heavy atom. The van der Waals surface area contributed by atoms with E-state index in [1.165, 1.54) is 7.05 Å². The number of likely N-dealkylation sites (N-methyl/N-ethyl adjacent to an activating group) is 1. The van der Waals surface area contributed by atoms with Crippen molar-refractivity contribution in [1.29, 1.82) is 5.41 Å². The molecule has 0 bridgehead atoms. The largest absolute Gasteiger partial charge is 0.487 e. The Labute approximate surface area is 201 Å². The minimum absolute atomic E-state index is 0.0971. The van der Waals surface area contributed by atoms with Crippen molar-refractivity contribution in [3.05, 3.63) is 57.6 Å².